The van der Waals surface area contributed by atoms with Crippen LogP contribution < -0.4 is 4.72 Å². The molecule has 0 aliphatic heterocycles. The van der Waals surface area contributed by atoms with Gasteiger partial charge in [0.25, 0.3) is 0 Å². The normalized spacial score (nSPS) is 11.8. The van der Waals surface area contributed by atoms with Gasteiger partial charge < -0.3 is 4.90 Å². The lowest BCUT2D eigenvalue weighted by Crippen LogP contribution is -2.31. The average Bonchev–Trinajstić information content (AvgIpc) is 2.33. The quantitative estimate of drug-likeness (QED) is 0.839. The van der Waals surface area contributed by atoms with Crippen LogP contribution in [-0.4, -0.2) is 38.7 Å². The van der Waals surface area contributed by atoms with Crippen LogP contribution in [0.25, 0.3) is 0 Å². The Hall–Kier alpha value is -0.780. The highest BCUT2D eigenvalue weighted by Crippen LogP contribution is 2.14. The van der Waals surface area contributed by atoms with Gasteiger partial charge in [-0.3, -0.25) is 4.72 Å². The summed E-state index contributed by atoms with van der Waals surface area (Å²) in [6.45, 7) is 6.28. The van der Waals surface area contributed by atoms with Crippen LogP contribution in [-0.2, 0) is 10.0 Å². The number of hydrogen-bond acceptors (Lipinski definition) is 3. The molecule has 1 aromatic rings. The number of hydrogen-bond donors (Lipinski definition) is 1. The van der Waals surface area contributed by atoms with Crippen molar-refractivity contribution in [3.05, 3.63) is 29.3 Å². The van der Waals surface area contributed by atoms with Crippen molar-refractivity contribution in [1.82, 2.24) is 4.90 Å². The molecular weight excluding hydrogens is 272 g/mol. The standard InChI is InChI=1S/C12H19ClN2O2S/c1-3-15(4-2)9-10-18(16,17)14-12-7-5-11(13)6-8-12/h5-8,14H,3-4,9-10H2,1-2H3. The molecule has 0 aliphatic carbocycles. The fourth-order valence-corrected chi connectivity index (χ4v) is 2.76. The molecule has 0 saturated carbocycles. The molecule has 0 amide bonds. The smallest absolute Gasteiger partial charge is 0.233 e. The third kappa shape index (κ3) is 5.25. The zero-order valence-electron chi connectivity index (χ0n) is 10.7. The van der Waals surface area contributed by atoms with Gasteiger partial charge >= 0.3 is 0 Å². The number of benzene rings is 1. The van der Waals surface area contributed by atoms with E-state index in [1.54, 1.807) is 24.3 Å². The molecule has 0 heterocycles. The average molecular weight is 291 g/mol. The molecule has 6 heteroatoms. The van der Waals surface area contributed by atoms with Gasteiger partial charge in [-0.25, -0.2) is 8.42 Å². The van der Waals surface area contributed by atoms with Gasteiger partial charge in [0.2, 0.25) is 10.0 Å². The zero-order valence-corrected chi connectivity index (χ0v) is 12.3. The van der Waals surface area contributed by atoms with Gasteiger partial charge in [0.1, 0.15) is 0 Å². The van der Waals surface area contributed by atoms with E-state index in [1.807, 2.05) is 13.8 Å². The maximum atomic E-state index is 11.9. The van der Waals surface area contributed by atoms with Gasteiger partial charge in [-0.2, -0.15) is 0 Å². The van der Waals surface area contributed by atoms with Crippen LogP contribution in [0.2, 0.25) is 5.02 Å². The summed E-state index contributed by atoms with van der Waals surface area (Å²) in [6, 6.07) is 6.61. The maximum absolute atomic E-state index is 11.9. The number of nitrogens with zero attached hydrogens (tertiary/aromatic N) is 1. The van der Waals surface area contributed by atoms with Crippen molar-refractivity contribution >= 4 is 27.3 Å². The minimum atomic E-state index is -3.30. The van der Waals surface area contributed by atoms with Crippen LogP contribution in [0.4, 0.5) is 5.69 Å². The molecule has 18 heavy (non-hydrogen) atoms. The van der Waals surface area contributed by atoms with Gasteiger partial charge in [0.15, 0.2) is 0 Å². The van der Waals surface area contributed by atoms with Crippen LogP contribution in [0.5, 0.6) is 0 Å². The molecule has 0 unspecified atom stereocenters. The molecule has 1 rings (SSSR count). The maximum Gasteiger partial charge on any atom is 0.233 e. The molecule has 0 aromatic heterocycles. The third-order valence-electron chi connectivity index (χ3n) is 2.69. The summed E-state index contributed by atoms with van der Waals surface area (Å²) in [6.07, 6.45) is 0. The zero-order chi connectivity index (χ0) is 13.6. The first-order valence-corrected chi connectivity index (χ1v) is 7.98. The Labute approximate surface area is 114 Å². The van der Waals surface area contributed by atoms with Crippen LogP contribution in [0.3, 0.4) is 0 Å². The van der Waals surface area contributed by atoms with E-state index in [-0.39, 0.29) is 5.75 Å². The van der Waals surface area contributed by atoms with Crippen LogP contribution >= 0.6 is 11.6 Å². The summed E-state index contributed by atoms with van der Waals surface area (Å²) >= 11 is 5.74. The predicted octanol–water partition coefficient (Wildman–Crippen LogP) is 2.42. The van der Waals surface area contributed by atoms with Crippen molar-refractivity contribution in [1.29, 1.82) is 0 Å². The lowest BCUT2D eigenvalue weighted by molar-refractivity contribution is 0.322. The highest BCUT2D eigenvalue weighted by molar-refractivity contribution is 7.92. The molecule has 1 aromatic carbocycles. The van der Waals surface area contributed by atoms with Gasteiger partial charge in [-0.05, 0) is 37.4 Å². The van der Waals surface area contributed by atoms with E-state index in [4.69, 9.17) is 11.6 Å². The lowest BCUT2D eigenvalue weighted by atomic mass is 10.3. The van der Waals surface area contributed by atoms with Gasteiger partial charge in [-0.15, -0.1) is 0 Å². The second-order valence-electron chi connectivity index (χ2n) is 3.95. The van der Waals surface area contributed by atoms with Crippen LogP contribution in [0, 0.1) is 0 Å². The molecule has 1 N–H and O–H groups in total. The predicted molar refractivity (Wildman–Crippen MR) is 76.6 cm³/mol. The summed E-state index contributed by atoms with van der Waals surface area (Å²) in [5.74, 6) is 0.0946. The molecule has 0 aliphatic rings. The lowest BCUT2D eigenvalue weighted by Gasteiger charge is -2.18. The van der Waals surface area contributed by atoms with E-state index < -0.39 is 10.0 Å². The Morgan fingerprint density at radius 3 is 2.22 bits per heavy atom. The van der Waals surface area contributed by atoms with Gasteiger partial charge in [-0.1, -0.05) is 25.4 Å². The second kappa shape index (κ2) is 6.97. The van der Waals surface area contributed by atoms with E-state index in [9.17, 15) is 8.42 Å². The van der Waals surface area contributed by atoms with Crippen molar-refractivity contribution in [2.75, 3.05) is 30.1 Å². The number of rotatable bonds is 7. The summed E-state index contributed by atoms with van der Waals surface area (Å²) in [5.41, 5.74) is 0.541. The van der Waals surface area contributed by atoms with Crippen LogP contribution in [0.15, 0.2) is 24.3 Å². The van der Waals surface area contributed by atoms with Gasteiger partial charge in [0.05, 0.1) is 5.75 Å². The first-order valence-electron chi connectivity index (χ1n) is 5.95. The fraction of sp³-hybridized carbons (Fsp3) is 0.500. The molecule has 0 fully saturated rings. The second-order valence-corrected chi connectivity index (χ2v) is 6.23. The summed E-state index contributed by atoms with van der Waals surface area (Å²) < 4.78 is 26.2. The highest BCUT2D eigenvalue weighted by Gasteiger charge is 2.12. The molecule has 0 bridgehead atoms. The molecular formula is C12H19ClN2O2S. The Balaban J connectivity index is 2.57. The Morgan fingerprint density at radius 2 is 1.72 bits per heavy atom. The van der Waals surface area contributed by atoms with Crippen molar-refractivity contribution in [2.45, 2.75) is 13.8 Å². The number of halogens is 1. The van der Waals surface area contributed by atoms with Crippen molar-refractivity contribution < 1.29 is 8.42 Å². The summed E-state index contributed by atoms with van der Waals surface area (Å²) in [7, 11) is -3.30. The van der Waals surface area contributed by atoms with Crippen molar-refractivity contribution in [3.8, 4) is 0 Å². The monoisotopic (exact) mass is 290 g/mol. The summed E-state index contributed by atoms with van der Waals surface area (Å²) in [4.78, 5) is 2.07. The number of nitrogens with one attached hydrogen (secondary N) is 1. The van der Waals surface area contributed by atoms with E-state index in [1.165, 1.54) is 0 Å². The fourth-order valence-electron chi connectivity index (χ4n) is 1.54. The molecule has 0 atom stereocenters. The molecule has 0 spiro atoms. The van der Waals surface area contributed by atoms with E-state index in [0.29, 0.717) is 17.3 Å². The molecule has 0 saturated heterocycles. The SMILES string of the molecule is CCN(CC)CCS(=O)(=O)Nc1ccc(Cl)cc1. The largest absolute Gasteiger partial charge is 0.303 e. The van der Waals surface area contributed by atoms with Crippen LogP contribution in [0.1, 0.15) is 13.8 Å². The highest BCUT2D eigenvalue weighted by atomic mass is 35.5. The minimum Gasteiger partial charge on any atom is -0.303 e. The Kier molecular flexibility index (Phi) is 5.91. The van der Waals surface area contributed by atoms with Crippen molar-refractivity contribution in [3.63, 3.8) is 0 Å². The van der Waals surface area contributed by atoms with Gasteiger partial charge in [0, 0.05) is 17.3 Å². The topological polar surface area (TPSA) is 49.4 Å². The Bertz CT molecular complexity index is 455. The van der Waals surface area contributed by atoms with E-state index in [2.05, 4.69) is 9.62 Å². The Morgan fingerprint density at radius 1 is 1.17 bits per heavy atom. The third-order valence-corrected chi connectivity index (χ3v) is 4.21. The number of sulfonamides is 1. The molecule has 4 nitrogen and oxygen atoms in total. The first-order chi connectivity index (χ1) is 8.46. The van der Waals surface area contributed by atoms with E-state index in [0.717, 1.165) is 13.1 Å². The van der Waals surface area contributed by atoms with E-state index >= 15 is 0 Å². The first kappa shape index (κ1) is 15.3. The minimum absolute atomic E-state index is 0.0946. The number of anilines is 1. The molecule has 102 valence electrons. The summed E-state index contributed by atoms with van der Waals surface area (Å²) in [5, 5.41) is 0.584. The van der Waals surface area contributed by atoms with Crippen molar-refractivity contribution in [2.24, 2.45) is 0 Å². The molecule has 0 radical (unpaired) electrons.